The van der Waals surface area contributed by atoms with Gasteiger partial charge in [0.15, 0.2) is 5.78 Å². The number of H-pyrrole nitrogens is 1. The Morgan fingerprint density at radius 1 is 1.30 bits per heavy atom. The highest BCUT2D eigenvalue weighted by Gasteiger charge is 2.26. The molecule has 2 atom stereocenters. The molecular weight excluding hydrogens is 460 g/mol. The van der Waals surface area contributed by atoms with Crippen LogP contribution in [0.4, 0.5) is 5.82 Å². The van der Waals surface area contributed by atoms with Gasteiger partial charge in [-0.2, -0.15) is 0 Å². The summed E-state index contributed by atoms with van der Waals surface area (Å²) in [6.07, 6.45) is 1.50. The molecule has 5 rings (SSSR count). The number of ether oxygens (including phenoxy) is 1. The lowest BCUT2D eigenvalue weighted by Gasteiger charge is -2.18. The number of benzene rings is 2. The minimum atomic E-state index is -0.278. The van der Waals surface area contributed by atoms with Gasteiger partial charge in [0.2, 0.25) is 0 Å². The molecule has 2 aromatic heterocycles. The highest BCUT2D eigenvalue weighted by atomic mass is 35.5. The van der Waals surface area contributed by atoms with Crippen LogP contribution in [-0.2, 0) is 4.74 Å². The first kappa shape index (κ1) is 22.1. The summed E-state index contributed by atoms with van der Waals surface area (Å²) < 4.78 is 5.45. The number of Topliss-reactive ketones (excluding diaryl/α,β-unsaturated/α-hetero) is 1. The first-order valence-corrected chi connectivity index (χ1v) is 12.0. The fourth-order valence-corrected chi connectivity index (χ4v) is 5.17. The van der Waals surface area contributed by atoms with Gasteiger partial charge in [-0.05, 0) is 42.8 Å². The molecule has 10 heteroatoms. The number of aromatic amines is 1. The van der Waals surface area contributed by atoms with Crippen LogP contribution in [0.1, 0.15) is 27.8 Å². The van der Waals surface area contributed by atoms with Crippen molar-refractivity contribution in [1.29, 1.82) is 0 Å². The third-order valence-electron chi connectivity index (χ3n) is 5.64. The van der Waals surface area contributed by atoms with Crippen LogP contribution >= 0.6 is 23.4 Å². The SMILES string of the molecule is COCC(Nc1ncnc2cc(C(=O)C3NCCS3)c(C)cc12)c1nc2ccc(Cl)cc2[nH]1. The number of fused-ring (bicyclic) bond motifs is 2. The molecule has 33 heavy (non-hydrogen) atoms. The number of imidazole rings is 1. The van der Waals surface area contributed by atoms with Crippen molar-refractivity contribution < 1.29 is 9.53 Å². The third-order valence-corrected chi connectivity index (χ3v) is 7.03. The van der Waals surface area contributed by atoms with Crippen LogP contribution in [0, 0.1) is 6.92 Å². The smallest absolute Gasteiger partial charge is 0.190 e. The first-order chi connectivity index (χ1) is 16.0. The molecular formula is C23H23ClN6O2S. The van der Waals surface area contributed by atoms with E-state index in [-0.39, 0.29) is 17.2 Å². The number of thioether (sulfide) groups is 1. The van der Waals surface area contributed by atoms with E-state index < -0.39 is 0 Å². The Kier molecular flexibility index (Phi) is 6.20. The number of nitrogens with one attached hydrogen (secondary N) is 3. The molecule has 2 aromatic carbocycles. The lowest BCUT2D eigenvalue weighted by molar-refractivity contribution is 0.0981. The quantitative estimate of drug-likeness (QED) is 0.338. The predicted molar refractivity (Wildman–Crippen MR) is 132 cm³/mol. The average molecular weight is 483 g/mol. The fourth-order valence-electron chi connectivity index (χ4n) is 4.01. The first-order valence-electron chi connectivity index (χ1n) is 10.6. The van der Waals surface area contributed by atoms with Gasteiger partial charge >= 0.3 is 0 Å². The second kappa shape index (κ2) is 9.26. The Morgan fingerprint density at radius 2 is 2.18 bits per heavy atom. The number of hydrogen-bond donors (Lipinski definition) is 3. The molecule has 0 saturated carbocycles. The molecule has 1 fully saturated rings. The number of aryl methyl sites for hydroxylation is 1. The van der Waals surface area contributed by atoms with Gasteiger partial charge in [0.05, 0.1) is 23.2 Å². The zero-order valence-corrected chi connectivity index (χ0v) is 19.8. The molecule has 1 aliphatic rings. The van der Waals surface area contributed by atoms with Crippen LogP contribution in [0.25, 0.3) is 21.9 Å². The maximum atomic E-state index is 13.0. The number of ketones is 1. The summed E-state index contributed by atoms with van der Waals surface area (Å²) in [6, 6.07) is 9.08. The molecule has 0 amide bonds. The maximum Gasteiger partial charge on any atom is 0.190 e. The van der Waals surface area contributed by atoms with E-state index in [4.69, 9.17) is 21.3 Å². The number of halogens is 1. The zero-order valence-electron chi connectivity index (χ0n) is 18.2. The Labute approximate surface area is 199 Å². The number of hydrogen-bond acceptors (Lipinski definition) is 8. The molecule has 4 aromatic rings. The van der Waals surface area contributed by atoms with Crippen molar-refractivity contribution >= 4 is 56.9 Å². The molecule has 1 saturated heterocycles. The van der Waals surface area contributed by atoms with Gasteiger partial charge in [-0.15, -0.1) is 11.8 Å². The molecule has 0 radical (unpaired) electrons. The highest BCUT2D eigenvalue weighted by Crippen LogP contribution is 2.29. The van der Waals surface area contributed by atoms with Crippen molar-refractivity contribution in [2.75, 3.05) is 31.3 Å². The van der Waals surface area contributed by atoms with Crippen molar-refractivity contribution in [3.8, 4) is 0 Å². The molecule has 0 spiro atoms. The monoisotopic (exact) mass is 482 g/mol. The largest absolute Gasteiger partial charge is 0.382 e. The predicted octanol–water partition coefficient (Wildman–Crippen LogP) is 4.11. The van der Waals surface area contributed by atoms with Crippen LogP contribution < -0.4 is 10.6 Å². The molecule has 1 aliphatic heterocycles. The van der Waals surface area contributed by atoms with Crippen LogP contribution in [0.2, 0.25) is 5.02 Å². The van der Waals surface area contributed by atoms with E-state index in [1.807, 2.05) is 37.3 Å². The number of nitrogens with zero attached hydrogens (tertiary/aromatic N) is 3. The summed E-state index contributed by atoms with van der Waals surface area (Å²) in [4.78, 5) is 29.9. The molecule has 2 unspecified atom stereocenters. The summed E-state index contributed by atoms with van der Waals surface area (Å²) >= 11 is 7.76. The van der Waals surface area contributed by atoms with E-state index in [0.29, 0.717) is 34.4 Å². The molecule has 8 nitrogen and oxygen atoms in total. The van der Waals surface area contributed by atoms with Crippen LogP contribution in [0.15, 0.2) is 36.7 Å². The highest BCUT2D eigenvalue weighted by molar-refractivity contribution is 8.00. The number of anilines is 1. The Morgan fingerprint density at radius 3 is 2.97 bits per heavy atom. The van der Waals surface area contributed by atoms with Crippen LogP contribution in [0.5, 0.6) is 0 Å². The van der Waals surface area contributed by atoms with E-state index in [1.54, 1.807) is 18.9 Å². The Bertz CT molecular complexity index is 1340. The van der Waals surface area contributed by atoms with Crippen molar-refractivity contribution in [2.45, 2.75) is 18.3 Å². The third kappa shape index (κ3) is 4.41. The van der Waals surface area contributed by atoms with Crippen molar-refractivity contribution in [3.63, 3.8) is 0 Å². The number of aromatic nitrogens is 4. The van der Waals surface area contributed by atoms with Gasteiger partial charge in [-0.1, -0.05) is 11.6 Å². The molecule has 170 valence electrons. The van der Waals surface area contributed by atoms with Gasteiger partial charge < -0.3 is 15.0 Å². The normalized spacial score (nSPS) is 17.0. The summed E-state index contributed by atoms with van der Waals surface area (Å²) in [5.41, 5.74) is 3.95. The fraction of sp³-hybridized carbons (Fsp3) is 0.304. The standard InChI is InChI=1S/C23H23ClN6O2S/c1-12-7-15-17(9-14(12)20(31)23-25-5-6-33-23)26-11-27-21(15)30-19(10-32-2)22-28-16-4-3-13(24)8-18(16)29-22/h3-4,7-9,11,19,23,25H,5-6,10H2,1-2H3,(H,28,29)(H,26,27,30). The Hall–Kier alpha value is -2.72. The minimum Gasteiger partial charge on any atom is -0.382 e. The number of carbonyl (C=O) groups excluding carboxylic acids is 1. The maximum absolute atomic E-state index is 13.0. The number of carbonyl (C=O) groups is 1. The molecule has 3 heterocycles. The zero-order chi connectivity index (χ0) is 22.9. The summed E-state index contributed by atoms with van der Waals surface area (Å²) in [7, 11) is 1.64. The van der Waals surface area contributed by atoms with Crippen LogP contribution in [0.3, 0.4) is 0 Å². The Balaban J connectivity index is 1.49. The number of rotatable bonds is 7. The number of methoxy groups -OCH3 is 1. The van der Waals surface area contributed by atoms with E-state index in [2.05, 4.69) is 25.6 Å². The van der Waals surface area contributed by atoms with E-state index >= 15 is 0 Å². The van der Waals surface area contributed by atoms with E-state index in [1.165, 1.54) is 6.33 Å². The molecule has 0 aliphatic carbocycles. The van der Waals surface area contributed by atoms with Gasteiger partial charge in [-0.3, -0.25) is 10.1 Å². The van der Waals surface area contributed by atoms with Gasteiger partial charge in [0.25, 0.3) is 0 Å². The van der Waals surface area contributed by atoms with Gasteiger partial charge in [0, 0.05) is 35.4 Å². The molecule has 0 bridgehead atoms. The second-order valence-electron chi connectivity index (χ2n) is 7.91. The van der Waals surface area contributed by atoms with E-state index in [9.17, 15) is 4.79 Å². The lowest BCUT2D eigenvalue weighted by Crippen LogP contribution is -2.29. The van der Waals surface area contributed by atoms with E-state index in [0.717, 1.165) is 34.3 Å². The van der Waals surface area contributed by atoms with Gasteiger partial charge in [-0.25, -0.2) is 15.0 Å². The van der Waals surface area contributed by atoms with Crippen molar-refractivity contribution in [3.05, 3.63) is 58.6 Å². The van der Waals surface area contributed by atoms with Crippen molar-refractivity contribution in [2.24, 2.45) is 0 Å². The second-order valence-corrected chi connectivity index (χ2v) is 9.56. The molecule has 3 N–H and O–H groups in total. The van der Waals surface area contributed by atoms with Gasteiger partial charge in [0.1, 0.15) is 29.4 Å². The average Bonchev–Trinajstić information content (AvgIpc) is 3.48. The van der Waals surface area contributed by atoms with Crippen molar-refractivity contribution in [1.82, 2.24) is 25.3 Å². The lowest BCUT2D eigenvalue weighted by atomic mass is 10.0. The summed E-state index contributed by atoms with van der Waals surface area (Å²) in [6.45, 7) is 3.16. The van der Waals surface area contributed by atoms with Crippen LogP contribution in [-0.4, -0.2) is 57.1 Å². The summed E-state index contributed by atoms with van der Waals surface area (Å²) in [5, 5.41) is 7.96. The summed E-state index contributed by atoms with van der Waals surface area (Å²) in [5.74, 6) is 2.39. The topological polar surface area (TPSA) is 105 Å². The minimum absolute atomic E-state index is 0.0863.